The molecule has 1 N–H and O–H groups in total. The predicted molar refractivity (Wildman–Crippen MR) is 37.6 cm³/mol. The number of rotatable bonds is 1. The smallest absolute Gasteiger partial charge is 0.108 e. The Morgan fingerprint density at radius 1 is 1.70 bits per heavy atom. The second-order valence-electron chi connectivity index (χ2n) is 3.01. The minimum absolute atomic E-state index is 0.0223. The highest BCUT2D eigenvalue weighted by atomic mass is 19.1. The lowest BCUT2D eigenvalue weighted by atomic mass is 9.97. The van der Waals surface area contributed by atoms with Gasteiger partial charge in [-0.1, -0.05) is 0 Å². The highest BCUT2D eigenvalue weighted by Crippen LogP contribution is 2.18. The number of nitrogens with zero attached hydrogens (tertiary/aromatic N) is 1. The molecule has 0 spiro atoms. The largest absolute Gasteiger partial charge is 0.396 e. The number of alkyl halides is 1. The predicted octanol–water partition coefficient (Wildman–Crippen LogP) is 0.269. The molecule has 1 rings (SSSR count). The van der Waals surface area contributed by atoms with Crippen molar-refractivity contribution in [2.45, 2.75) is 12.6 Å². The molecular formula is C7H14FNO. The van der Waals surface area contributed by atoms with E-state index in [2.05, 4.69) is 4.90 Å². The lowest BCUT2D eigenvalue weighted by Gasteiger charge is -2.31. The van der Waals surface area contributed by atoms with Crippen LogP contribution in [0.3, 0.4) is 0 Å². The molecule has 0 radical (unpaired) electrons. The first-order chi connectivity index (χ1) is 4.74. The fraction of sp³-hybridized carbons (Fsp3) is 1.00. The summed E-state index contributed by atoms with van der Waals surface area (Å²) in [6.07, 6.45) is -0.219. The van der Waals surface area contributed by atoms with Gasteiger partial charge in [-0.3, -0.25) is 0 Å². The van der Waals surface area contributed by atoms with E-state index in [4.69, 9.17) is 5.11 Å². The van der Waals surface area contributed by atoms with Crippen LogP contribution in [0.5, 0.6) is 0 Å². The van der Waals surface area contributed by atoms with Crippen molar-refractivity contribution in [1.82, 2.24) is 4.90 Å². The molecule has 10 heavy (non-hydrogen) atoms. The highest BCUT2D eigenvalue weighted by molar-refractivity contribution is 4.77. The zero-order valence-electron chi connectivity index (χ0n) is 6.26. The third kappa shape index (κ3) is 1.67. The molecule has 1 heterocycles. The Bertz CT molecular complexity index is 110. The first kappa shape index (κ1) is 7.95. The first-order valence-corrected chi connectivity index (χ1v) is 3.67. The van der Waals surface area contributed by atoms with Gasteiger partial charge in [-0.05, 0) is 13.5 Å². The summed E-state index contributed by atoms with van der Waals surface area (Å²) in [6.45, 7) is 1.49. The number of hydrogen-bond donors (Lipinski definition) is 1. The third-order valence-electron chi connectivity index (χ3n) is 2.08. The van der Waals surface area contributed by atoms with Crippen LogP contribution in [0.25, 0.3) is 0 Å². The highest BCUT2D eigenvalue weighted by Gasteiger charge is 2.26. The fourth-order valence-electron chi connectivity index (χ4n) is 1.36. The Morgan fingerprint density at radius 2 is 2.40 bits per heavy atom. The summed E-state index contributed by atoms with van der Waals surface area (Å²) in [5.74, 6) is -0.154. The number of likely N-dealkylation sites (tertiary alicyclic amines) is 1. The molecule has 0 aromatic rings. The van der Waals surface area contributed by atoms with Crippen LogP contribution in [0, 0.1) is 5.92 Å². The van der Waals surface area contributed by atoms with Gasteiger partial charge in [0.15, 0.2) is 0 Å². The molecule has 60 valence electrons. The maximum Gasteiger partial charge on any atom is 0.108 e. The van der Waals surface area contributed by atoms with Gasteiger partial charge < -0.3 is 10.0 Å². The minimum atomic E-state index is -0.791. The van der Waals surface area contributed by atoms with E-state index in [1.54, 1.807) is 0 Å². The van der Waals surface area contributed by atoms with Crippen LogP contribution >= 0.6 is 0 Å². The minimum Gasteiger partial charge on any atom is -0.396 e. The van der Waals surface area contributed by atoms with Crippen molar-refractivity contribution < 1.29 is 9.50 Å². The maximum atomic E-state index is 12.8. The number of hydrogen-bond acceptors (Lipinski definition) is 2. The van der Waals surface area contributed by atoms with Gasteiger partial charge in [0.2, 0.25) is 0 Å². The monoisotopic (exact) mass is 147 g/mol. The van der Waals surface area contributed by atoms with Gasteiger partial charge >= 0.3 is 0 Å². The molecule has 0 aliphatic carbocycles. The Balaban J connectivity index is 2.38. The summed E-state index contributed by atoms with van der Waals surface area (Å²) in [7, 11) is 1.95. The number of piperidine rings is 1. The normalized spacial score (nSPS) is 36.3. The molecule has 1 fully saturated rings. The summed E-state index contributed by atoms with van der Waals surface area (Å²) >= 11 is 0. The van der Waals surface area contributed by atoms with Crippen molar-refractivity contribution in [2.24, 2.45) is 5.92 Å². The van der Waals surface area contributed by atoms with E-state index in [-0.39, 0.29) is 12.5 Å². The molecule has 3 heteroatoms. The molecule has 0 amide bonds. The standard InChI is InChI=1S/C7H14FNO/c1-9-3-2-7(8)6(4-9)5-10/h6-7,10H,2-5H2,1H3. The second kappa shape index (κ2) is 3.30. The Kier molecular flexibility index (Phi) is 2.63. The van der Waals surface area contributed by atoms with Crippen LogP contribution in [-0.2, 0) is 0 Å². The molecule has 1 aliphatic heterocycles. The van der Waals surface area contributed by atoms with Crippen LogP contribution < -0.4 is 0 Å². The van der Waals surface area contributed by atoms with Crippen molar-refractivity contribution in [1.29, 1.82) is 0 Å². The molecule has 2 atom stereocenters. The summed E-state index contributed by atoms with van der Waals surface area (Å²) in [4.78, 5) is 2.05. The molecule has 0 aromatic heterocycles. The van der Waals surface area contributed by atoms with E-state index in [0.717, 1.165) is 6.54 Å². The van der Waals surface area contributed by atoms with Crippen molar-refractivity contribution >= 4 is 0 Å². The van der Waals surface area contributed by atoms with Crippen LogP contribution in [0.4, 0.5) is 4.39 Å². The maximum absolute atomic E-state index is 12.8. The Labute approximate surface area is 60.6 Å². The molecular weight excluding hydrogens is 133 g/mol. The first-order valence-electron chi connectivity index (χ1n) is 3.67. The van der Waals surface area contributed by atoms with Crippen molar-refractivity contribution in [3.63, 3.8) is 0 Å². The lowest BCUT2D eigenvalue weighted by Crippen LogP contribution is -2.40. The zero-order chi connectivity index (χ0) is 7.56. The Morgan fingerprint density at radius 3 is 2.90 bits per heavy atom. The van der Waals surface area contributed by atoms with Gasteiger partial charge in [0.25, 0.3) is 0 Å². The van der Waals surface area contributed by atoms with E-state index in [1.165, 1.54) is 0 Å². The van der Waals surface area contributed by atoms with E-state index in [9.17, 15) is 4.39 Å². The SMILES string of the molecule is CN1CCC(F)C(CO)C1. The lowest BCUT2D eigenvalue weighted by molar-refractivity contribution is 0.0616. The van der Waals surface area contributed by atoms with Gasteiger partial charge in [0, 0.05) is 25.6 Å². The van der Waals surface area contributed by atoms with Gasteiger partial charge in [0.05, 0.1) is 0 Å². The van der Waals surface area contributed by atoms with E-state index >= 15 is 0 Å². The number of aliphatic hydroxyl groups is 1. The summed E-state index contributed by atoms with van der Waals surface area (Å²) in [5.41, 5.74) is 0. The van der Waals surface area contributed by atoms with Crippen LogP contribution in [-0.4, -0.2) is 42.9 Å². The van der Waals surface area contributed by atoms with Crippen molar-refractivity contribution in [3.05, 3.63) is 0 Å². The summed E-state index contributed by atoms with van der Waals surface area (Å²) in [6, 6.07) is 0. The summed E-state index contributed by atoms with van der Waals surface area (Å²) < 4.78 is 12.8. The molecule has 0 bridgehead atoms. The number of aliphatic hydroxyl groups excluding tert-OH is 1. The Hall–Kier alpha value is -0.150. The fourth-order valence-corrected chi connectivity index (χ4v) is 1.36. The average molecular weight is 147 g/mol. The van der Waals surface area contributed by atoms with Crippen LogP contribution in [0.1, 0.15) is 6.42 Å². The second-order valence-corrected chi connectivity index (χ2v) is 3.01. The van der Waals surface area contributed by atoms with Gasteiger partial charge in [0.1, 0.15) is 6.17 Å². The van der Waals surface area contributed by atoms with Gasteiger partial charge in [-0.2, -0.15) is 0 Å². The quantitative estimate of drug-likeness (QED) is 0.575. The van der Waals surface area contributed by atoms with Crippen LogP contribution in [0.15, 0.2) is 0 Å². The van der Waals surface area contributed by atoms with Gasteiger partial charge in [-0.25, -0.2) is 4.39 Å². The van der Waals surface area contributed by atoms with E-state index in [1.807, 2.05) is 7.05 Å². The molecule has 2 nitrogen and oxygen atoms in total. The van der Waals surface area contributed by atoms with Crippen molar-refractivity contribution in [3.8, 4) is 0 Å². The van der Waals surface area contributed by atoms with E-state index in [0.29, 0.717) is 13.0 Å². The van der Waals surface area contributed by atoms with Crippen molar-refractivity contribution in [2.75, 3.05) is 26.7 Å². The van der Waals surface area contributed by atoms with E-state index < -0.39 is 6.17 Å². The molecule has 1 aliphatic rings. The number of halogens is 1. The molecule has 1 saturated heterocycles. The summed E-state index contributed by atoms with van der Waals surface area (Å²) in [5, 5.41) is 8.71. The van der Waals surface area contributed by atoms with Crippen LogP contribution in [0.2, 0.25) is 0 Å². The topological polar surface area (TPSA) is 23.5 Å². The van der Waals surface area contributed by atoms with Gasteiger partial charge in [-0.15, -0.1) is 0 Å². The molecule has 2 unspecified atom stereocenters. The third-order valence-corrected chi connectivity index (χ3v) is 2.08. The average Bonchev–Trinajstić information content (AvgIpc) is 1.94. The zero-order valence-corrected chi connectivity index (χ0v) is 6.26. The molecule has 0 saturated carbocycles. The molecule has 0 aromatic carbocycles.